The fourth-order valence-electron chi connectivity index (χ4n) is 1.31. The Morgan fingerprint density at radius 2 is 1.88 bits per heavy atom. The summed E-state index contributed by atoms with van der Waals surface area (Å²) in [5, 5.41) is 12.7. The van der Waals surface area contributed by atoms with E-state index < -0.39 is 0 Å². The molecule has 3 nitrogen and oxygen atoms in total. The van der Waals surface area contributed by atoms with Crippen LogP contribution < -0.4 is 22.5 Å². The van der Waals surface area contributed by atoms with E-state index in [2.05, 4.69) is 5.32 Å². The smallest absolute Gasteiger partial charge is 0.156 e. The third-order valence-electron chi connectivity index (χ3n) is 1.96. The molecule has 0 saturated carbocycles. The van der Waals surface area contributed by atoms with Crippen LogP contribution in [0, 0.1) is 0 Å². The van der Waals surface area contributed by atoms with Gasteiger partial charge in [-0.1, -0.05) is 23.2 Å². The van der Waals surface area contributed by atoms with Crippen molar-refractivity contribution < 1.29 is 22.3 Å². The first-order valence-electron chi connectivity index (χ1n) is 5.11. The predicted molar refractivity (Wildman–Crippen MR) is 66.4 cm³/mol. The summed E-state index contributed by atoms with van der Waals surface area (Å²) in [4.78, 5) is 0. The van der Waals surface area contributed by atoms with E-state index in [-0.39, 0.29) is 19.0 Å². The molecule has 0 radical (unpaired) electrons. The lowest BCUT2D eigenvalue weighted by atomic mass is 10.2. The zero-order valence-electron chi connectivity index (χ0n) is 9.47. The summed E-state index contributed by atoms with van der Waals surface area (Å²) in [6.07, 6.45) is 0. The largest absolute Gasteiger partial charge is 1.00 e. The van der Waals surface area contributed by atoms with Gasteiger partial charge in [0, 0.05) is 13.1 Å². The third-order valence-corrected chi connectivity index (χ3v) is 2.53. The number of nitrogens with one attached hydrogen (secondary N) is 1. The molecule has 0 fully saturated rings. The fourth-order valence-corrected chi connectivity index (χ4v) is 1.95. The van der Waals surface area contributed by atoms with Gasteiger partial charge in [0.1, 0.15) is 0 Å². The number of benzene rings is 1. The van der Waals surface area contributed by atoms with E-state index in [1.54, 1.807) is 0 Å². The van der Waals surface area contributed by atoms with Gasteiger partial charge < -0.3 is 27.6 Å². The molecule has 98 valence electrons. The highest BCUT2D eigenvalue weighted by molar-refractivity contribution is 6.37. The van der Waals surface area contributed by atoms with E-state index >= 15 is 0 Å². The number of hydrogen-bond acceptors (Lipinski definition) is 3. The second-order valence-corrected chi connectivity index (χ2v) is 4.04. The van der Waals surface area contributed by atoms with Crippen LogP contribution in [0.2, 0.25) is 10.0 Å². The molecule has 1 rings (SSSR count). The highest BCUT2D eigenvalue weighted by Crippen LogP contribution is 2.34. The van der Waals surface area contributed by atoms with Gasteiger partial charge in [-0.2, -0.15) is 0 Å². The van der Waals surface area contributed by atoms with Gasteiger partial charge in [0.15, 0.2) is 5.75 Å². The van der Waals surface area contributed by atoms with Crippen LogP contribution in [0.15, 0.2) is 12.1 Å². The van der Waals surface area contributed by atoms with Gasteiger partial charge in [0.25, 0.3) is 0 Å². The van der Waals surface area contributed by atoms with Crippen LogP contribution in [0.5, 0.6) is 5.75 Å². The predicted octanol–water partition coefficient (Wildman–Crippen LogP) is -0.522. The summed E-state index contributed by atoms with van der Waals surface area (Å²) in [6.45, 7) is 3.68. The summed E-state index contributed by atoms with van der Waals surface area (Å²) >= 11 is 12.1. The lowest BCUT2D eigenvalue weighted by Crippen LogP contribution is -3.00. The molecule has 1 aromatic rings. The highest BCUT2D eigenvalue weighted by atomic mass is 35.5. The van der Waals surface area contributed by atoms with Crippen molar-refractivity contribution in [3.8, 4) is 5.75 Å². The Morgan fingerprint density at radius 3 is 2.35 bits per heavy atom. The molecular weight excluding hydrogens is 284 g/mol. The molecule has 0 bridgehead atoms. The Bertz CT molecular complexity index is 324. The van der Waals surface area contributed by atoms with Gasteiger partial charge in [0.2, 0.25) is 0 Å². The van der Waals surface area contributed by atoms with Gasteiger partial charge in [-0.05, 0) is 24.6 Å². The Kier molecular flexibility index (Phi) is 8.74. The molecule has 6 heteroatoms. The van der Waals surface area contributed by atoms with Gasteiger partial charge in [-0.3, -0.25) is 0 Å². The minimum absolute atomic E-state index is 0. The molecule has 2 N–H and O–H groups in total. The maximum absolute atomic E-state index is 8.63. The van der Waals surface area contributed by atoms with E-state index in [0.29, 0.717) is 35.5 Å². The standard InChI is InChI=1S/C11H15Cl2NO2.ClH/c1-2-16-11-9(12)5-8(6-10(11)13)7-14-3-4-15;/h5-6,14-15H,2-4,7H2,1H3;1H/p-1. The number of hydrogen-bond donors (Lipinski definition) is 2. The monoisotopic (exact) mass is 298 g/mol. The summed E-state index contributed by atoms with van der Waals surface area (Å²) in [5.74, 6) is 0.525. The van der Waals surface area contributed by atoms with Crippen molar-refractivity contribution in [1.29, 1.82) is 0 Å². The Labute approximate surface area is 117 Å². The first-order chi connectivity index (χ1) is 7.69. The maximum Gasteiger partial charge on any atom is 0.156 e. The number of rotatable bonds is 6. The quantitative estimate of drug-likeness (QED) is 0.695. The minimum Gasteiger partial charge on any atom is -1.00 e. The normalized spacial score (nSPS) is 9.88. The second-order valence-electron chi connectivity index (χ2n) is 3.22. The van der Waals surface area contributed by atoms with Gasteiger partial charge in [-0.25, -0.2) is 0 Å². The molecule has 0 amide bonds. The summed E-state index contributed by atoms with van der Waals surface area (Å²) in [7, 11) is 0. The first-order valence-corrected chi connectivity index (χ1v) is 5.87. The van der Waals surface area contributed by atoms with E-state index in [4.69, 9.17) is 33.0 Å². The molecule has 0 unspecified atom stereocenters. The van der Waals surface area contributed by atoms with Crippen molar-refractivity contribution in [2.24, 2.45) is 0 Å². The minimum atomic E-state index is 0. The van der Waals surface area contributed by atoms with E-state index in [9.17, 15) is 0 Å². The number of halogens is 3. The topological polar surface area (TPSA) is 41.5 Å². The number of ether oxygens (including phenoxy) is 1. The van der Waals surface area contributed by atoms with Crippen LogP contribution >= 0.6 is 23.2 Å². The Hall–Kier alpha value is -0.190. The van der Waals surface area contributed by atoms with Crippen LogP contribution in [0.4, 0.5) is 0 Å². The van der Waals surface area contributed by atoms with Crippen molar-refractivity contribution >= 4 is 23.2 Å². The fraction of sp³-hybridized carbons (Fsp3) is 0.455. The molecule has 0 aliphatic heterocycles. The molecule has 1 aromatic carbocycles. The van der Waals surface area contributed by atoms with Gasteiger partial charge in [-0.15, -0.1) is 0 Å². The third kappa shape index (κ3) is 5.32. The van der Waals surface area contributed by atoms with Crippen molar-refractivity contribution in [3.63, 3.8) is 0 Å². The summed E-state index contributed by atoms with van der Waals surface area (Å²) < 4.78 is 5.32. The zero-order chi connectivity index (χ0) is 12.0. The Morgan fingerprint density at radius 1 is 1.29 bits per heavy atom. The zero-order valence-corrected chi connectivity index (χ0v) is 11.7. The maximum atomic E-state index is 8.63. The summed E-state index contributed by atoms with van der Waals surface area (Å²) in [6, 6.07) is 3.62. The first kappa shape index (κ1) is 16.8. The van der Waals surface area contributed by atoms with Crippen LogP contribution in [0.3, 0.4) is 0 Å². The van der Waals surface area contributed by atoms with E-state index in [1.165, 1.54) is 0 Å². The van der Waals surface area contributed by atoms with Crippen LogP contribution in [0.1, 0.15) is 12.5 Å². The molecule has 0 atom stereocenters. The van der Waals surface area contributed by atoms with Crippen molar-refractivity contribution in [1.82, 2.24) is 5.32 Å². The second kappa shape index (κ2) is 8.84. The molecule has 0 heterocycles. The molecule has 0 saturated heterocycles. The van der Waals surface area contributed by atoms with Crippen molar-refractivity contribution in [3.05, 3.63) is 27.7 Å². The lowest BCUT2D eigenvalue weighted by Gasteiger charge is -2.10. The number of aliphatic hydroxyl groups excluding tert-OH is 1. The molecule has 17 heavy (non-hydrogen) atoms. The molecule has 0 aliphatic rings. The van der Waals surface area contributed by atoms with E-state index in [0.717, 1.165) is 5.56 Å². The summed E-state index contributed by atoms with van der Waals surface area (Å²) in [5.41, 5.74) is 0.965. The lowest BCUT2D eigenvalue weighted by molar-refractivity contribution is -0.00000474. The SMILES string of the molecule is CCOc1c(Cl)cc(CNCCO)cc1Cl.[Cl-]. The van der Waals surface area contributed by atoms with Crippen molar-refractivity contribution in [2.45, 2.75) is 13.5 Å². The molecular formula is C11H15Cl3NO2-. The number of aliphatic hydroxyl groups is 1. The average Bonchev–Trinajstić information content (AvgIpc) is 2.24. The molecule has 0 aromatic heterocycles. The van der Waals surface area contributed by atoms with E-state index in [1.807, 2.05) is 19.1 Å². The van der Waals surface area contributed by atoms with Crippen LogP contribution in [-0.2, 0) is 6.54 Å². The highest BCUT2D eigenvalue weighted by Gasteiger charge is 2.08. The Balaban J connectivity index is 0.00000256. The van der Waals surface area contributed by atoms with Crippen LogP contribution in [0.25, 0.3) is 0 Å². The molecule has 0 spiro atoms. The van der Waals surface area contributed by atoms with Crippen molar-refractivity contribution in [2.75, 3.05) is 19.8 Å². The van der Waals surface area contributed by atoms with Crippen LogP contribution in [-0.4, -0.2) is 24.9 Å². The average molecular weight is 300 g/mol. The molecule has 0 aliphatic carbocycles. The van der Waals surface area contributed by atoms with Gasteiger partial charge in [0.05, 0.1) is 23.3 Å². The van der Waals surface area contributed by atoms with Gasteiger partial charge >= 0.3 is 0 Å².